The molecule has 2 heterocycles. The first-order valence-electron chi connectivity index (χ1n) is 15.1. The topological polar surface area (TPSA) is 164 Å². The zero-order chi connectivity index (χ0) is 34.6. The van der Waals surface area contributed by atoms with Crippen molar-refractivity contribution in [3.63, 3.8) is 0 Å². The molecule has 254 valence electrons. The Morgan fingerprint density at radius 1 is 0.957 bits per heavy atom. The number of likely N-dealkylation sites (tertiary alicyclic amines) is 1. The summed E-state index contributed by atoms with van der Waals surface area (Å²) < 4.78 is 41.6. The minimum atomic E-state index is -4.21. The van der Waals surface area contributed by atoms with Crippen molar-refractivity contribution < 1.29 is 27.5 Å². The van der Waals surface area contributed by atoms with Gasteiger partial charge in [0.15, 0.2) is 0 Å². The van der Waals surface area contributed by atoms with Crippen LogP contribution in [0.1, 0.15) is 65.9 Å². The fraction of sp³-hybridized carbons (Fsp3) is 0.438. The number of methoxy groups -OCH3 is 1. The van der Waals surface area contributed by atoms with Crippen LogP contribution in [0.5, 0.6) is 5.75 Å². The highest BCUT2D eigenvalue weighted by Crippen LogP contribution is 2.36. The van der Waals surface area contributed by atoms with E-state index in [2.05, 4.69) is 41.3 Å². The van der Waals surface area contributed by atoms with Gasteiger partial charge in [0.2, 0.25) is 11.9 Å². The SMILES string of the molecule is COc1cc(C2CCN(C(=O)OC(C)(C)C)CC2)ccc1Nc1ncc(Br)c(Nc2ccccc2NS(=O)(=O)NC(=O)C(C)(C)C)n1. The van der Waals surface area contributed by atoms with E-state index in [0.717, 1.165) is 18.4 Å². The summed E-state index contributed by atoms with van der Waals surface area (Å²) in [6.45, 7) is 11.7. The van der Waals surface area contributed by atoms with Crippen LogP contribution in [0, 0.1) is 5.41 Å². The van der Waals surface area contributed by atoms with Crippen molar-refractivity contribution in [3.05, 3.63) is 58.7 Å². The lowest BCUT2D eigenvalue weighted by Gasteiger charge is -2.33. The van der Waals surface area contributed by atoms with E-state index in [1.165, 1.54) is 0 Å². The first-order chi connectivity index (χ1) is 21.9. The molecular weight excluding hydrogens is 690 g/mol. The second kappa shape index (κ2) is 14.3. The number of carbonyl (C=O) groups is 2. The van der Waals surface area contributed by atoms with Gasteiger partial charge in [0.05, 0.1) is 28.6 Å². The molecule has 2 aromatic carbocycles. The number of benzene rings is 2. The molecule has 0 saturated carbocycles. The summed E-state index contributed by atoms with van der Waals surface area (Å²) in [5.41, 5.74) is 0.927. The summed E-state index contributed by atoms with van der Waals surface area (Å²) in [6, 6.07) is 12.5. The third-order valence-electron chi connectivity index (χ3n) is 7.17. The van der Waals surface area contributed by atoms with Crippen LogP contribution in [0.25, 0.3) is 0 Å². The number of nitrogens with one attached hydrogen (secondary N) is 4. The zero-order valence-corrected chi connectivity index (χ0v) is 30.0. The van der Waals surface area contributed by atoms with Gasteiger partial charge in [-0.25, -0.2) is 14.5 Å². The van der Waals surface area contributed by atoms with Crippen molar-refractivity contribution in [2.75, 3.05) is 35.6 Å². The second-order valence-corrected chi connectivity index (χ2v) is 15.4. The van der Waals surface area contributed by atoms with Gasteiger partial charge in [-0.2, -0.15) is 13.4 Å². The molecule has 0 atom stereocenters. The van der Waals surface area contributed by atoms with Crippen LogP contribution in [0.15, 0.2) is 53.1 Å². The molecule has 0 spiro atoms. The maximum atomic E-state index is 12.7. The number of amides is 2. The quantitative estimate of drug-likeness (QED) is 0.187. The minimum Gasteiger partial charge on any atom is -0.495 e. The van der Waals surface area contributed by atoms with Gasteiger partial charge >= 0.3 is 16.3 Å². The normalized spacial score (nSPS) is 14.3. The Kier molecular flexibility index (Phi) is 10.9. The molecule has 4 rings (SSSR count). The van der Waals surface area contributed by atoms with E-state index < -0.39 is 27.1 Å². The standard InChI is InChI=1S/C32H42BrN7O6S/c1-31(2,3)28(41)39-47(43,44)38-24-11-9-8-10-23(24)35-27-22(33)19-34-29(37-27)36-25-13-12-21(18-26(25)45-7)20-14-16-40(17-15-20)30(42)46-32(4,5)6/h8-13,18-20,38H,14-17H2,1-7H3,(H,39,41)(H2,34,35,36,37). The minimum absolute atomic E-state index is 0.205. The molecule has 3 aromatic rings. The number of nitrogens with zero attached hydrogens (tertiary/aromatic N) is 3. The predicted molar refractivity (Wildman–Crippen MR) is 186 cm³/mol. The molecule has 1 saturated heterocycles. The molecule has 15 heteroatoms. The Bertz CT molecular complexity index is 1720. The average molecular weight is 733 g/mol. The average Bonchev–Trinajstić information content (AvgIpc) is 2.98. The molecule has 1 aliphatic rings. The fourth-order valence-electron chi connectivity index (χ4n) is 4.68. The molecule has 0 radical (unpaired) electrons. The van der Waals surface area contributed by atoms with Crippen LogP contribution in [-0.4, -0.2) is 61.1 Å². The molecule has 4 N–H and O–H groups in total. The lowest BCUT2D eigenvalue weighted by atomic mass is 9.89. The van der Waals surface area contributed by atoms with Crippen molar-refractivity contribution in [2.45, 2.75) is 65.9 Å². The van der Waals surface area contributed by atoms with Crippen LogP contribution in [0.3, 0.4) is 0 Å². The van der Waals surface area contributed by atoms with E-state index in [0.29, 0.717) is 40.5 Å². The largest absolute Gasteiger partial charge is 0.495 e. The summed E-state index contributed by atoms with van der Waals surface area (Å²) >= 11 is 3.45. The van der Waals surface area contributed by atoms with Crippen molar-refractivity contribution in [2.24, 2.45) is 5.41 Å². The third kappa shape index (κ3) is 9.94. The number of hydrogen-bond donors (Lipinski definition) is 4. The first kappa shape index (κ1) is 35.7. The van der Waals surface area contributed by atoms with Crippen molar-refractivity contribution >= 4 is 67.0 Å². The number of anilines is 5. The highest BCUT2D eigenvalue weighted by Gasteiger charge is 2.28. The van der Waals surface area contributed by atoms with E-state index in [-0.39, 0.29) is 23.6 Å². The molecule has 1 aliphatic heterocycles. The molecular formula is C32H42BrN7O6S. The van der Waals surface area contributed by atoms with Crippen LogP contribution >= 0.6 is 15.9 Å². The van der Waals surface area contributed by atoms with Crippen molar-refractivity contribution in [3.8, 4) is 5.75 Å². The van der Waals surface area contributed by atoms with E-state index >= 15 is 0 Å². The summed E-state index contributed by atoms with van der Waals surface area (Å²) in [6.07, 6.45) is 2.89. The molecule has 0 aliphatic carbocycles. The highest BCUT2D eigenvalue weighted by atomic mass is 79.9. The summed E-state index contributed by atoms with van der Waals surface area (Å²) in [4.78, 5) is 35.5. The molecule has 1 aromatic heterocycles. The number of rotatable bonds is 9. The first-order valence-corrected chi connectivity index (χ1v) is 17.4. The second-order valence-electron chi connectivity index (χ2n) is 13.2. The van der Waals surface area contributed by atoms with Crippen molar-refractivity contribution in [1.82, 2.24) is 19.6 Å². The smallest absolute Gasteiger partial charge is 0.410 e. The van der Waals surface area contributed by atoms with E-state index in [4.69, 9.17) is 9.47 Å². The van der Waals surface area contributed by atoms with Crippen LogP contribution in [-0.2, 0) is 19.7 Å². The van der Waals surface area contributed by atoms with Gasteiger partial charge in [-0.3, -0.25) is 9.52 Å². The predicted octanol–water partition coefficient (Wildman–Crippen LogP) is 6.67. The molecule has 13 nitrogen and oxygen atoms in total. The van der Waals surface area contributed by atoms with Gasteiger partial charge in [0.1, 0.15) is 17.2 Å². The summed E-state index contributed by atoms with van der Waals surface area (Å²) in [5, 5.41) is 6.33. The monoisotopic (exact) mass is 731 g/mol. The highest BCUT2D eigenvalue weighted by molar-refractivity contribution is 9.10. The van der Waals surface area contributed by atoms with Crippen LogP contribution in [0.4, 0.5) is 33.6 Å². The number of hydrogen-bond acceptors (Lipinski definition) is 10. The number of para-hydroxylation sites is 2. The number of carbonyl (C=O) groups excluding carboxylic acids is 2. The molecule has 2 amide bonds. The van der Waals surface area contributed by atoms with Gasteiger partial charge < -0.3 is 25.0 Å². The van der Waals surface area contributed by atoms with E-state index in [1.54, 1.807) is 63.2 Å². The zero-order valence-electron chi connectivity index (χ0n) is 27.6. The Hall–Kier alpha value is -4.11. The molecule has 47 heavy (non-hydrogen) atoms. The summed E-state index contributed by atoms with van der Waals surface area (Å²) in [7, 11) is -2.62. The fourth-order valence-corrected chi connectivity index (χ4v) is 6.04. The van der Waals surface area contributed by atoms with Gasteiger partial charge in [0, 0.05) is 24.7 Å². The Morgan fingerprint density at radius 2 is 1.62 bits per heavy atom. The lowest BCUT2D eigenvalue weighted by molar-refractivity contribution is -0.126. The maximum Gasteiger partial charge on any atom is 0.410 e. The third-order valence-corrected chi connectivity index (χ3v) is 8.69. The molecule has 0 bridgehead atoms. The van der Waals surface area contributed by atoms with Crippen LogP contribution in [0.2, 0.25) is 0 Å². The van der Waals surface area contributed by atoms with E-state index in [9.17, 15) is 18.0 Å². The Labute approximate surface area is 284 Å². The molecule has 0 unspecified atom stereocenters. The van der Waals surface area contributed by atoms with Gasteiger partial charge in [0.25, 0.3) is 0 Å². The van der Waals surface area contributed by atoms with Gasteiger partial charge in [-0.05, 0) is 85.3 Å². The Morgan fingerprint density at radius 3 is 2.23 bits per heavy atom. The number of halogens is 1. The van der Waals surface area contributed by atoms with Gasteiger partial charge in [-0.15, -0.1) is 0 Å². The van der Waals surface area contributed by atoms with Crippen molar-refractivity contribution in [1.29, 1.82) is 0 Å². The maximum absolute atomic E-state index is 12.7. The number of aromatic nitrogens is 2. The van der Waals surface area contributed by atoms with Crippen LogP contribution < -0.4 is 24.8 Å². The lowest BCUT2D eigenvalue weighted by Crippen LogP contribution is -2.41. The number of ether oxygens (including phenoxy) is 2. The molecule has 1 fully saturated rings. The van der Waals surface area contributed by atoms with Gasteiger partial charge in [-0.1, -0.05) is 39.0 Å². The number of piperidine rings is 1. The Balaban J connectivity index is 1.46. The van der Waals surface area contributed by atoms with E-state index in [1.807, 2.05) is 43.7 Å². The summed E-state index contributed by atoms with van der Waals surface area (Å²) in [5.74, 6) is 0.852.